The molecule has 2 heterocycles. The number of carbonyl (C=O) groups excluding carboxylic acids is 3. The molecule has 1 fully saturated rings. The zero-order valence-corrected chi connectivity index (χ0v) is 13.2. The second-order valence-electron chi connectivity index (χ2n) is 5.31. The Labute approximate surface area is 134 Å². The van der Waals surface area contributed by atoms with Gasteiger partial charge >= 0.3 is 12.1 Å². The maximum absolute atomic E-state index is 12.5. The van der Waals surface area contributed by atoms with Crippen LogP contribution >= 0.6 is 0 Å². The number of esters is 1. The van der Waals surface area contributed by atoms with Crippen LogP contribution in [-0.4, -0.2) is 54.6 Å². The Hall–Kier alpha value is -2.57. The topological polar surface area (TPSA) is 76.2 Å². The van der Waals surface area contributed by atoms with E-state index in [9.17, 15) is 14.4 Å². The van der Waals surface area contributed by atoms with E-state index < -0.39 is 23.4 Å². The van der Waals surface area contributed by atoms with Crippen molar-refractivity contribution in [1.82, 2.24) is 9.80 Å². The van der Waals surface area contributed by atoms with Crippen molar-refractivity contribution >= 4 is 18.0 Å². The average Bonchev–Trinajstić information content (AvgIpc) is 2.80. The van der Waals surface area contributed by atoms with Crippen LogP contribution in [-0.2, 0) is 19.1 Å². The molecule has 0 aromatic heterocycles. The van der Waals surface area contributed by atoms with Crippen LogP contribution in [0.15, 0.2) is 37.2 Å². The number of hydrogen-bond acceptors (Lipinski definition) is 5. The van der Waals surface area contributed by atoms with E-state index in [4.69, 9.17) is 9.47 Å². The van der Waals surface area contributed by atoms with Crippen LogP contribution in [0.25, 0.3) is 0 Å². The Bertz CT molecular complexity index is 567. The van der Waals surface area contributed by atoms with Crippen molar-refractivity contribution in [2.75, 3.05) is 26.8 Å². The summed E-state index contributed by atoms with van der Waals surface area (Å²) in [4.78, 5) is 39.1. The van der Waals surface area contributed by atoms with Gasteiger partial charge in [-0.25, -0.2) is 4.79 Å². The molecule has 0 aliphatic carbocycles. The summed E-state index contributed by atoms with van der Waals surface area (Å²) >= 11 is 0. The van der Waals surface area contributed by atoms with E-state index in [1.165, 1.54) is 24.4 Å². The van der Waals surface area contributed by atoms with Gasteiger partial charge in [-0.3, -0.25) is 14.5 Å². The predicted octanol–water partition coefficient (Wildman–Crippen LogP) is 1.29. The molecule has 2 amide bonds. The number of rotatable bonds is 4. The van der Waals surface area contributed by atoms with Crippen LogP contribution < -0.4 is 0 Å². The fraction of sp³-hybridized carbons (Fsp3) is 0.438. The third kappa shape index (κ3) is 2.99. The fourth-order valence-corrected chi connectivity index (χ4v) is 2.82. The number of nitrogens with zero attached hydrogens (tertiary/aromatic N) is 2. The second-order valence-corrected chi connectivity index (χ2v) is 5.31. The van der Waals surface area contributed by atoms with Crippen LogP contribution in [0.4, 0.5) is 4.79 Å². The zero-order chi connectivity index (χ0) is 17.0. The van der Waals surface area contributed by atoms with E-state index in [1.54, 1.807) is 30.1 Å². The normalized spacial score (nSPS) is 21.7. The summed E-state index contributed by atoms with van der Waals surface area (Å²) in [6, 6.07) is 0. The average molecular weight is 320 g/mol. The monoisotopic (exact) mass is 320 g/mol. The molecule has 2 rings (SSSR count). The van der Waals surface area contributed by atoms with E-state index in [2.05, 4.69) is 6.58 Å². The van der Waals surface area contributed by atoms with Crippen molar-refractivity contribution in [2.24, 2.45) is 11.3 Å². The lowest BCUT2D eigenvalue weighted by molar-refractivity contribution is -0.152. The van der Waals surface area contributed by atoms with Gasteiger partial charge in [-0.1, -0.05) is 18.2 Å². The Balaban J connectivity index is 2.29. The third-order valence-corrected chi connectivity index (χ3v) is 3.92. The largest absolute Gasteiger partial charge is 0.468 e. The SMILES string of the molecule is C=CCN1CC2(C=CN(C(=O)OCC)C=C2)C(C(=O)OC)C1=O. The molecule has 7 heteroatoms. The van der Waals surface area contributed by atoms with E-state index in [0.717, 1.165) is 0 Å². The van der Waals surface area contributed by atoms with Gasteiger partial charge in [0, 0.05) is 30.9 Å². The van der Waals surface area contributed by atoms with E-state index in [-0.39, 0.29) is 12.5 Å². The van der Waals surface area contributed by atoms with Gasteiger partial charge in [0.15, 0.2) is 0 Å². The molecule has 7 nitrogen and oxygen atoms in total. The van der Waals surface area contributed by atoms with Gasteiger partial charge in [-0.15, -0.1) is 6.58 Å². The standard InChI is InChI=1S/C16H20N2O5/c1-4-8-18-11-16(12(13(18)19)14(20)22-3)6-9-17(10-7-16)15(21)23-5-2/h4,6-7,9-10,12H,1,5,8,11H2,2-3H3. The smallest absolute Gasteiger partial charge is 0.417 e. The van der Waals surface area contributed by atoms with Gasteiger partial charge in [0.05, 0.1) is 13.7 Å². The van der Waals surface area contributed by atoms with Crippen molar-refractivity contribution in [2.45, 2.75) is 6.92 Å². The van der Waals surface area contributed by atoms with Crippen LogP contribution in [0, 0.1) is 11.3 Å². The fourth-order valence-electron chi connectivity index (χ4n) is 2.82. The van der Waals surface area contributed by atoms with Gasteiger partial charge in [-0.2, -0.15) is 0 Å². The summed E-state index contributed by atoms with van der Waals surface area (Å²) in [6.45, 7) is 6.27. The molecule has 1 saturated heterocycles. The molecule has 1 spiro atoms. The molecule has 1 atom stereocenters. The molecule has 0 bridgehead atoms. The Morgan fingerprint density at radius 2 is 2.09 bits per heavy atom. The van der Waals surface area contributed by atoms with Crippen LogP contribution in [0.5, 0.6) is 0 Å². The van der Waals surface area contributed by atoms with Crippen molar-refractivity contribution in [1.29, 1.82) is 0 Å². The summed E-state index contributed by atoms with van der Waals surface area (Å²) in [6.07, 6.45) is 7.46. The number of likely N-dealkylation sites (tertiary alicyclic amines) is 1. The molecule has 1 unspecified atom stereocenters. The third-order valence-electron chi connectivity index (χ3n) is 3.92. The Kier molecular flexibility index (Phi) is 4.88. The van der Waals surface area contributed by atoms with Gasteiger partial charge in [0.1, 0.15) is 5.92 Å². The van der Waals surface area contributed by atoms with Crippen molar-refractivity contribution < 1.29 is 23.9 Å². The molecular formula is C16H20N2O5. The van der Waals surface area contributed by atoms with E-state index in [1.807, 2.05) is 0 Å². The molecule has 23 heavy (non-hydrogen) atoms. The highest BCUT2D eigenvalue weighted by Gasteiger charge is 2.54. The van der Waals surface area contributed by atoms with Gasteiger partial charge in [0.2, 0.25) is 5.91 Å². The summed E-state index contributed by atoms with van der Waals surface area (Å²) in [7, 11) is 1.25. The highest BCUT2D eigenvalue weighted by atomic mass is 16.6. The molecule has 0 radical (unpaired) electrons. The van der Waals surface area contributed by atoms with Crippen LogP contribution in [0.3, 0.4) is 0 Å². The first-order valence-corrected chi connectivity index (χ1v) is 7.30. The second kappa shape index (κ2) is 6.68. The van der Waals surface area contributed by atoms with Crippen molar-refractivity contribution in [3.05, 3.63) is 37.2 Å². The minimum atomic E-state index is -0.968. The van der Waals surface area contributed by atoms with Gasteiger partial charge in [0.25, 0.3) is 0 Å². The molecule has 2 aliphatic rings. The maximum atomic E-state index is 12.5. The summed E-state index contributed by atoms with van der Waals surface area (Å²) in [5, 5.41) is 0. The molecule has 0 N–H and O–H groups in total. The molecule has 0 aromatic carbocycles. The number of amides is 2. The minimum Gasteiger partial charge on any atom is -0.468 e. The lowest BCUT2D eigenvalue weighted by Crippen LogP contribution is -2.37. The summed E-state index contributed by atoms with van der Waals surface area (Å²) < 4.78 is 9.70. The van der Waals surface area contributed by atoms with Gasteiger partial charge < -0.3 is 14.4 Å². The lowest BCUT2D eigenvalue weighted by atomic mass is 9.76. The molecule has 124 valence electrons. The first-order chi connectivity index (χ1) is 11.0. The Morgan fingerprint density at radius 1 is 1.43 bits per heavy atom. The van der Waals surface area contributed by atoms with Crippen molar-refractivity contribution in [3.8, 4) is 0 Å². The zero-order valence-electron chi connectivity index (χ0n) is 13.2. The van der Waals surface area contributed by atoms with Crippen molar-refractivity contribution in [3.63, 3.8) is 0 Å². The summed E-state index contributed by atoms with van der Waals surface area (Å²) in [5.74, 6) is -1.87. The molecule has 0 saturated carbocycles. The molecule has 2 aliphatic heterocycles. The predicted molar refractivity (Wildman–Crippen MR) is 81.9 cm³/mol. The van der Waals surface area contributed by atoms with Gasteiger partial charge in [-0.05, 0) is 6.92 Å². The number of ether oxygens (including phenoxy) is 2. The quantitative estimate of drug-likeness (QED) is 0.443. The highest BCUT2D eigenvalue weighted by molar-refractivity contribution is 6.01. The first kappa shape index (κ1) is 16.8. The minimum absolute atomic E-state index is 0.262. The molecule has 0 aromatic rings. The Morgan fingerprint density at radius 3 is 2.61 bits per heavy atom. The molecular weight excluding hydrogens is 300 g/mol. The van der Waals surface area contributed by atoms with Crippen LogP contribution in [0.2, 0.25) is 0 Å². The van der Waals surface area contributed by atoms with E-state index in [0.29, 0.717) is 13.1 Å². The van der Waals surface area contributed by atoms with E-state index >= 15 is 0 Å². The first-order valence-electron chi connectivity index (χ1n) is 7.30. The number of carbonyl (C=O) groups is 3. The summed E-state index contributed by atoms with van der Waals surface area (Å²) in [5.41, 5.74) is -0.837. The lowest BCUT2D eigenvalue weighted by Gasteiger charge is -2.29. The van der Waals surface area contributed by atoms with Crippen LogP contribution in [0.1, 0.15) is 6.92 Å². The highest BCUT2D eigenvalue weighted by Crippen LogP contribution is 2.42. The number of methoxy groups -OCH3 is 1. The number of hydrogen-bond donors (Lipinski definition) is 0. The maximum Gasteiger partial charge on any atom is 0.417 e.